The van der Waals surface area contributed by atoms with E-state index in [1.807, 2.05) is 54.6 Å². The molecule has 4 aromatic rings. The maximum atomic E-state index is 12.3. The molecule has 0 saturated heterocycles. The molecule has 1 atom stereocenters. The van der Waals surface area contributed by atoms with Gasteiger partial charge >= 0.3 is 5.97 Å². The molecule has 1 amide bonds. The number of hydrogen-bond donors (Lipinski definition) is 1. The molecule has 6 nitrogen and oxygen atoms in total. The Kier molecular flexibility index (Phi) is 8.11. The molecule has 0 bridgehead atoms. The molecule has 0 aliphatic rings. The first-order chi connectivity index (χ1) is 17.5. The van der Waals surface area contributed by atoms with Gasteiger partial charge in [-0.1, -0.05) is 54.1 Å². The Morgan fingerprint density at radius 2 is 1.42 bits per heavy atom. The number of hydrogen-bond acceptors (Lipinski definition) is 5. The molecule has 0 radical (unpaired) electrons. The largest absolute Gasteiger partial charge is 0.481 e. The summed E-state index contributed by atoms with van der Waals surface area (Å²) in [4.78, 5) is 24.5. The van der Waals surface area contributed by atoms with Crippen LogP contribution in [0.5, 0.6) is 11.5 Å². The van der Waals surface area contributed by atoms with Gasteiger partial charge in [0.15, 0.2) is 6.10 Å². The van der Waals surface area contributed by atoms with E-state index < -0.39 is 12.1 Å². The van der Waals surface area contributed by atoms with Gasteiger partial charge in [-0.3, -0.25) is 4.79 Å². The van der Waals surface area contributed by atoms with Gasteiger partial charge in [0.2, 0.25) is 0 Å². The third-order valence-electron chi connectivity index (χ3n) is 5.20. The van der Waals surface area contributed by atoms with Crippen LogP contribution in [0.1, 0.15) is 22.8 Å². The molecule has 0 aromatic heterocycles. The summed E-state index contributed by atoms with van der Waals surface area (Å²) < 4.78 is 11.1. The van der Waals surface area contributed by atoms with Crippen molar-refractivity contribution in [2.24, 2.45) is 5.10 Å². The number of carbonyl (C=O) groups excluding carboxylic acids is 2. The van der Waals surface area contributed by atoms with Gasteiger partial charge in [0, 0.05) is 5.02 Å². The second-order valence-corrected chi connectivity index (χ2v) is 8.29. The summed E-state index contributed by atoms with van der Waals surface area (Å²) >= 11 is 5.84. The Morgan fingerprint density at radius 1 is 0.806 bits per heavy atom. The van der Waals surface area contributed by atoms with E-state index in [4.69, 9.17) is 21.1 Å². The molecule has 0 heterocycles. The topological polar surface area (TPSA) is 77.0 Å². The lowest BCUT2D eigenvalue weighted by Gasteiger charge is -2.13. The predicted molar refractivity (Wildman–Crippen MR) is 141 cm³/mol. The molecule has 0 aliphatic heterocycles. The van der Waals surface area contributed by atoms with Crippen molar-refractivity contribution in [2.45, 2.75) is 13.0 Å². The van der Waals surface area contributed by atoms with Gasteiger partial charge < -0.3 is 9.47 Å². The van der Waals surface area contributed by atoms with Crippen LogP contribution >= 0.6 is 11.6 Å². The van der Waals surface area contributed by atoms with Crippen LogP contribution in [0.4, 0.5) is 0 Å². The Morgan fingerprint density at radius 3 is 2.08 bits per heavy atom. The molecule has 7 heteroatoms. The number of nitrogens with one attached hydrogen (secondary N) is 1. The standard InChI is InChI=1S/C29H23ClN2O4/c1-20(35-26-17-11-23(12-18-26)22-5-3-2-4-6-22)28(33)32-31-19-21-7-15-27(16-8-21)36-29(34)24-9-13-25(30)14-10-24/h2-20H,1H3,(H,32,33)/b31-19-/t20-/m0/s1. The predicted octanol–water partition coefficient (Wildman–Crippen LogP) is 6.14. The van der Waals surface area contributed by atoms with Crippen LogP contribution in [-0.4, -0.2) is 24.2 Å². The van der Waals surface area contributed by atoms with Crippen LogP contribution in [0.2, 0.25) is 5.02 Å². The molecule has 1 N–H and O–H groups in total. The molecular weight excluding hydrogens is 476 g/mol. The van der Waals surface area contributed by atoms with Gasteiger partial charge in [0.05, 0.1) is 11.8 Å². The summed E-state index contributed by atoms with van der Waals surface area (Å²) in [6, 6.07) is 30.7. The monoisotopic (exact) mass is 498 g/mol. The van der Waals surface area contributed by atoms with Gasteiger partial charge in [0.1, 0.15) is 11.5 Å². The average molecular weight is 499 g/mol. The Bertz CT molecular complexity index is 1340. The Balaban J connectivity index is 1.25. The van der Waals surface area contributed by atoms with Gasteiger partial charge in [-0.05, 0) is 84.3 Å². The molecule has 180 valence electrons. The fourth-order valence-corrected chi connectivity index (χ4v) is 3.38. The van der Waals surface area contributed by atoms with Crippen molar-refractivity contribution in [3.63, 3.8) is 0 Å². The quantitative estimate of drug-likeness (QED) is 0.137. The van der Waals surface area contributed by atoms with Crippen LogP contribution in [-0.2, 0) is 4.79 Å². The highest BCUT2D eigenvalue weighted by atomic mass is 35.5. The van der Waals surface area contributed by atoms with Crippen LogP contribution in [0.15, 0.2) is 108 Å². The summed E-state index contributed by atoms with van der Waals surface area (Å²) in [5, 5.41) is 4.52. The first-order valence-corrected chi connectivity index (χ1v) is 11.6. The van der Waals surface area contributed by atoms with Crippen molar-refractivity contribution in [3.8, 4) is 22.6 Å². The van der Waals surface area contributed by atoms with Crippen molar-refractivity contribution in [1.29, 1.82) is 0 Å². The zero-order chi connectivity index (χ0) is 25.3. The minimum atomic E-state index is -0.737. The van der Waals surface area contributed by atoms with Crippen LogP contribution in [0.25, 0.3) is 11.1 Å². The number of ether oxygens (including phenoxy) is 2. The van der Waals surface area contributed by atoms with E-state index in [0.29, 0.717) is 27.6 Å². The number of hydrazone groups is 1. The van der Waals surface area contributed by atoms with Gasteiger partial charge in [-0.15, -0.1) is 0 Å². The number of carbonyl (C=O) groups is 2. The molecule has 0 aliphatic carbocycles. The summed E-state index contributed by atoms with van der Waals surface area (Å²) in [5.41, 5.74) is 5.76. The molecule has 0 fully saturated rings. The number of benzene rings is 4. The first kappa shape index (κ1) is 24.7. The Labute approximate surface area is 214 Å². The highest BCUT2D eigenvalue weighted by molar-refractivity contribution is 6.30. The van der Waals surface area contributed by atoms with E-state index in [9.17, 15) is 9.59 Å². The van der Waals surface area contributed by atoms with Crippen LogP contribution in [0, 0.1) is 0 Å². The van der Waals surface area contributed by atoms with Crippen molar-refractivity contribution in [3.05, 3.63) is 119 Å². The highest BCUT2D eigenvalue weighted by Crippen LogP contribution is 2.22. The minimum Gasteiger partial charge on any atom is -0.481 e. The first-order valence-electron chi connectivity index (χ1n) is 11.2. The Hall–Kier alpha value is -4.42. The molecule has 36 heavy (non-hydrogen) atoms. The third-order valence-corrected chi connectivity index (χ3v) is 5.45. The molecule has 0 unspecified atom stereocenters. The van der Waals surface area contributed by atoms with Crippen molar-refractivity contribution in [2.75, 3.05) is 0 Å². The van der Waals surface area contributed by atoms with Crippen LogP contribution < -0.4 is 14.9 Å². The van der Waals surface area contributed by atoms with E-state index in [2.05, 4.69) is 10.5 Å². The lowest BCUT2D eigenvalue weighted by atomic mass is 10.1. The normalized spacial score (nSPS) is 11.6. The van der Waals surface area contributed by atoms with Gasteiger partial charge in [-0.2, -0.15) is 5.10 Å². The summed E-state index contributed by atoms with van der Waals surface area (Å²) in [6.45, 7) is 1.65. The summed E-state index contributed by atoms with van der Waals surface area (Å²) in [6.07, 6.45) is 0.753. The number of amides is 1. The number of nitrogens with zero attached hydrogens (tertiary/aromatic N) is 1. The lowest BCUT2D eigenvalue weighted by molar-refractivity contribution is -0.127. The minimum absolute atomic E-state index is 0.382. The lowest BCUT2D eigenvalue weighted by Crippen LogP contribution is -2.33. The second-order valence-electron chi connectivity index (χ2n) is 7.85. The number of esters is 1. The molecule has 0 spiro atoms. The van der Waals surface area contributed by atoms with Crippen molar-refractivity contribution < 1.29 is 19.1 Å². The van der Waals surface area contributed by atoms with E-state index in [1.165, 1.54) is 6.21 Å². The molecular formula is C29H23ClN2O4. The van der Waals surface area contributed by atoms with Crippen LogP contribution in [0.3, 0.4) is 0 Å². The third kappa shape index (κ3) is 6.81. The van der Waals surface area contributed by atoms with Crippen molar-refractivity contribution in [1.82, 2.24) is 5.43 Å². The summed E-state index contributed by atoms with van der Waals surface area (Å²) in [7, 11) is 0. The fourth-order valence-electron chi connectivity index (χ4n) is 3.25. The van der Waals surface area contributed by atoms with Gasteiger partial charge in [-0.25, -0.2) is 10.2 Å². The van der Waals surface area contributed by atoms with E-state index in [0.717, 1.165) is 11.1 Å². The maximum Gasteiger partial charge on any atom is 0.343 e. The zero-order valence-electron chi connectivity index (χ0n) is 19.4. The smallest absolute Gasteiger partial charge is 0.343 e. The maximum absolute atomic E-state index is 12.3. The van der Waals surface area contributed by atoms with Crippen molar-refractivity contribution >= 4 is 29.7 Å². The van der Waals surface area contributed by atoms with E-state index in [1.54, 1.807) is 55.5 Å². The number of rotatable bonds is 8. The molecule has 4 aromatic carbocycles. The SMILES string of the molecule is C[C@H](Oc1ccc(-c2ccccc2)cc1)C(=O)N/N=C\c1ccc(OC(=O)c2ccc(Cl)cc2)cc1. The average Bonchev–Trinajstić information content (AvgIpc) is 2.91. The summed E-state index contributed by atoms with van der Waals surface area (Å²) in [5.74, 6) is 0.109. The van der Waals surface area contributed by atoms with E-state index >= 15 is 0 Å². The molecule has 0 saturated carbocycles. The molecule has 4 rings (SSSR count). The fraction of sp³-hybridized carbons (Fsp3) is 0.0690. The highest BCUT2D eigenvalue weighted by Gasteiger charge is 2.14. The zero-order valence-corrected chi connectivity index (χ0v) is 20.2. The van der Waals surface area contributed by atoms with Gasteiger partial charge in [0.25, 0.3) is 5.91 Å². The van der Waals surface area contributed by atoms with E-state index in [-0.39, 0.29) is 5.91 Å². The second kappa shape index (κ2) is 11.8. The number of halogens is 1.